The number of methoxy groups -OCH3 is 1. The molecule has 0 aliphatic carbocycles. The molecule has 0 saturated heterocycles. The van der Waals surface area contributed by atoms with E-state index in [1.165, 1.54) is 0 Å². The molecule has 0 aliphatic heterocycles. The Balaban J connectivity index is 3.60. The molecule has 1 heterocycles. The number of hydrogen-bond donors (Lipinski definition) is 1. The molecular weight excluding hydrogens is 240 g/mol. The summed E-state index contributed by atoms with van der Waals surface area (Å²) in [5, 5.41) is 10.5. The summed E-state index contributed by atoms with van der Waals surface area (Å²) in [6.45, 7) is 0. The van der Waals surface area contributed by atoms with Gasteiger partial charge in [0, 0.05) is 0 Å². The van der Waals surface area contributed by atoms with Crippen molar-refractivity contribution in [3.63, 3.8) is 0 Å². The van der Waals surface area contributed by atoms with Crippen molar-refractivity contribution in [2.45, 2.75) is 6.43 Å². The molecular formula is C8H7F2N3O4. The second-order valence-corrected chi connectivity index (χ2v) is 2.87. The molecule has 0 saturated carbocycles. The van der Waals surface area contributed by atoms with E-state index < -0.39 is 40.0 Å². The molecule has 0 unspecified atom stereocenters. The number of nitro groups is 1. The molecule has 1 aromatic heterocycles. The minimum absolute atomic E-state index is 0.544. The molecule has 0 fully saturated rings. The van der Waals surface area contributed by atoms with Crippen LogP contribution in [-0.2, 0) is 4.74 Å². The van der Waals surface area contributed by atoms with Crippen molar-refractivity contribution >= 4 is 17.5 Å². The topological polar surface area (TPSA) is 108 Å². The SMILES string of the molecule is COC(=O)c1c(N)ncc([N+](=O)[O-])c1C(F)F. The zero-order chi connectivity index (χ0) is 13.2. The first-order valence-electron chi connectivity index (χ1n) is 4.19. The van der Waals surface area contributed by atoms with Crippen molar-refractivity contribution in [2.75, 3.05) is 12.8 Å². The van der Waals surface area contributed by atoms with Gasteiger partial charge < -0.3 is 10.5 Å². The van der Waals surface area contributed by atoms with E-state index in [9.17, 15) is 23.7 Å². The third kappa shape index (κ3) is 2.27. The van der Waals surface area contributed by atoms with Crippen LogP contribution in [-0.4, -0.2) is 23.0 Å². The van der Waals surface area contributed by atoms with Gasteiger partial charge >= 0.3 is 5.97 Å². The molecule has 1 rings (SSSR count). The number of alkyl halides is 2. The van der Waals surface area contributed by atoms with Crippen LogP contribution >= 0.6 is 0 Å². The number of anilines is 1. The van der Waals surface area contributed by atoms with Gasteiger partial charge in [-0.15, -0.1) is 0 Å². The largest absolute Gasteiger partial charge is 0.465 e. The molecule has 0 aliphatic rings. The molecule has 0 bridgehead atoms. The third-order valence-electron chi connectivity index (χ3n) is 1.93. The molecule has 7 nitrogen and oxygen atoms in total. The molecule has 0 spiro atoms. The summed E-state index contributed by atoms with van der Waals surface area (Å²) in [6, 6.07) is 0. The van der Waals surface area contributed by atoms with Gasteiger partial charge in [0.05, 0.1) is 12.0 Å². The van der Waals surface area contributed by atoms with Crippen LogP contribution in [0, 0.1) is 10.1 Å². The van der Waals surface area contributed by atoms with E-state index in [1.807, 2.05) is 0 Å². The van der Waals surface area contributed by atoms with Crippen molar-refractivity contribution in [1.82, 2.24) is 4.98 Å². The summed E-state index contributed by atoms with van der Waals surface area (Å²) in [5.74, 6) is -1.74. The molecule has 0 atom stereocenters. The quantitative estimate of drug-likeness (QED) is 0.489. The van der Waals surface area contributed by atoms with Crippen molar-refractivity contribution in [2.24, 2.45) is 0 Å². The average molecular weight is 247 g/mol. The minimum Gasteiger partial charge on any atom is -0.465 e. The highest BCUT2D eigenvalue weighted by molar-refractivity contribution is 5.96. The van der Waals surface area contributed by atoms with E-state index in [0.29, 0.717) is 6.20 Å². The normalized spacial score (nSPS) is 10.4. The lowest BCUT2D eigenvalue weighted by Gasteiger charge is -2.09. The molecule has 0 amide bonds. The highest BCUT2D eigenvalue weighted by atomic mass is 19.3. The Hall–Kier alpha value is -2.32. The number of carbonyl (C=O) groups excluding carboxylic acids is 1. The highest BCUT2D eigenvalue weighted by Gasteiger charge is 2.32. The van der Waals surface area contributed by atoms with Gasteiger partial charge in [0.25, 0.3) is 12.1 Å². The Morgan fingerprint density at radius 1 is 1.65 bits per heavy atom. The Morgan fingerprint density at radius 2 is 2.24 bits per heavy atom. The van der Waals surface area contributed by atoms with Crippen LogP contribution < -0.4 is 5.73 Å². The zero-order valence-corrected chi connectivity index (χ0v) is 8.52. The number of esters is 1. The second kappa shape index (κ2) is 4.68. The lowest BCUT2D eigenvalue weighted by molar-refractivity contribution is -0.386. The first kappa shape index (κ1) is 12.7. The number of halogens is 2. The number of ether oxygens (including phenoxy) is 1. The number of carbonyl (C=O) groups is 1. The van der Waals surface area contributed by atoms with Crippen LogP contribution in [0.1, 0.15) is 22.3 Å². The van der Waals surface area contributed by atoms with Crippen LogP contribution in [0.4, 0.5) is 20.3 Å². The van der Waals surface area contributed by atoms with E-state index in [-0.39, 0.29) is 0 Å². The standard InChI is InChI=1S/C8H7F2N3O4/c1-17-8(14)5-4(6(9)10)3(13(15)16)2-12-7(5)11/h2,6H,1H3,(H2,11,12). The maximum absolute atomic E-state index is 12.7. The second-order valence-electron chi connectivity index (χ2n) is 2.87. The maximum Gasteiger partial charge on any atom is 0.342 e. The maximum atomic E-state index is 12.7. The van der Waals surface area contributed by atoms with Crippen molar-refractivity contribution in [3.05, 3.63) is 27.4 Å². The van der Waals surface area contributed by atoms with Crippen molar-refractivity contribution < 1.29 is 23.2 Å². The molecule has 9 heteroatoms. The Kier molecular flexibility index (Phi) is 3.51. The Morgan fingerprint density at radius 3 is 2.65 bits per heavy atom. The molecule has 1 aromatic rings. The lowest BCUT2D eigenvalue weighted by Crippen LogP contribution is -2.13. The van der Waals surface area contributed by atoms with Gasteiger partial charge in [-0.25, -0.2) is 18.6 Å². The van der Waals surface area contributed by atoms with E-state index in [4.69, 9.17) is 5.73 Å². The summed E-state index contributed by atoms with van der Waals surface area (Å²) in [7, 11) is 0.940. The van der Waals surface area contributed by atoms with E-state index in [2.05, 4.69) is 9.72 Å². The summed E-state index contributed by atoms with van der Waals surface area (Å²) < 4.78 is 29.7. The predicted octanol–water partition coefficient (Wildman–Crippen LogP) is 1.30. The Labute approximate surface area is 93.3 Å². The smallest absolute Gasteiger partial charge is 0.342 e. The van der Waals surface area contributed by atoms with Gasteiger partial charge in [-0.05, 0) is 0 Å². The fourth-order valence-corrected chi connectivity index (χ4v) is 1.21. The number of nitrogen functional groups attached to an aromatic ring is 1. The minimum atomic E-state index is -3.24. The van der Waals surface area contributed by atoms with Crippen LogP contribution in [0.5, 0.6) is 0 Å². The number of hydrogen-bond acceptors (Lipinski definition) is 6. The summed E-state index contributed by atoms with van der Waals surface area (Å²) in [5.41, 5.74) is 2.39. The fourth-order valence-electron chi connectivity index (χ4n) is 1.21. The molecule has 2 N–H and O–H groups in total. The summed E-state index contributed by atoms with van der Waals surface area (Å²) >= 11 is 0. The van der Waals surface area contributed by atoms with Crippen LogP contribution in [0.25, 0.3) is 0 Å². The van der Waals surface area contributed by atoms with Crippen molar-refractivity contribution in [1.29, 1.82) is 0 Å². The van der Waals surface area contributed by atoms with E-state index in [0.717, 1.165) is 7.11 Å². The third-order valence-corrected chi connectivity index (χ3v) is 1.93. The van der Waals surface area contributed by atoms with E-state index >= 15 is 0 Å². The monoisotopic (exact) mass is 247 g/mol. The number of nitrogens with zero attached hydrogens (tertiary/aromatic N) is 2. The first-order valence-corrected chi connectivity index (χ1v) is 4.19. The van der Waals surface area contributed by atoms with Gasteiger partial charge in [0.15, 0.2) is 0 Å². The number of aromatic nitrogens is 1. The Bertz CT molecular complexity index is 478. The van der Waals surface area contributed by atoms with Crippen molar-refractivity contribution in [3.8, 4) is 0 Å². The zero-order valence-electron chi connectivity index (χ0n) is 8.52. The number of nitrogens with two attached hydrogens (primary N) is 1. The highest BCUT2D eigenvalue weighted by Crippen LogP contribution is 2.34. The summed E-state index contributed by atoms with van der Waals surface area (Å²) in [6.07, 6.45) is -2.67. The van der Waals surface area contributed by atoms with E-state index in [1.54, 1.807) is 0 Å². The molecule has 0 radical (unpaired) electrons. The van der Waals surface area contributed by atoms with Gasteiger partial charge in [-0.2, -0.15) is 0 Å². The predicted molar refractivity (Wildman–Crippen MR) is 51.6 cm³/mol. The average Bonchev–Trinajstić information content (AvgIpc) is 2.26. The number of rotatable bonds is 3. The van der Waals surface area contributed by atoms with Gasteiger partial charge in [0.2, 0.25) is 0 Å². The van der Waals surface area contributed by atoms with Gasteiger partial charge in [-0.3, -0.25) is 10.1 Å². The summed E-state index contributed by atoms with van der Waals surface area (Å²) in [4.78, 5) is 24.0. The van der Waals surface area contributed by atoms with Gasteiger partial charge in [0.1, 0.15) is 23.1 Å². The van der Waals surface area contributed by atoms with Crippen LogP contribution in [0.15, 0.2) is 6.20 Å². The first-order chi connectivity index (χ1) is 7.90. The molecule has 0 aromatic carbocycles. The molecule has 17 heavy (non-hydrogen) atoms. The van der Waals surface area contributed by atoms with Gasteiger partial charge in [-0.1, -0.05) is 0 Å². The number of pyridine rings is 1. The molecule has 92 valence electrons. The van der Waals surface area contributed by atoms with Crippen LogP contribution in [0.2, 0.25) is 0 Å². The van der Waals surface area contributed by atoms with Crippen LogP contribution in [0.3, 0.4) is 0 Å². The lowest BCUT2D eigenvalue weighted by atomic mass is 10.1. The fraction of sp³-hybridized carbons (Fsp3) is 0.250.